The highest BCUT2D eigenvalue weighted by Crippen LogP contribution is 2.39. The van der Waals surface area contributed by atoms with E-state index in [1.807, 2.05) is 67.6 Å². The number of aryl methyl sites for hydroxylation is 4. The number of hydrogen-bond donors (Lipinski definition) is 6. The standard InChI is InChI=1S/C49H62N8O10.C2H4O2/c1-30(37(17-20-42(51)58)53-47(62)41-27-35-9-3-8-34-15-16-36(50)48(63)57(41)45(34)35)67-28-33-12-10-31(11-13-33)6-4-22-52-44(60)29-66-25-24-65-23-5-7-32-14-18-38-40(26-32)55(2)49(64)56(38)39-19-21-43(59)54-46(39)61;1-2(3)4/h3,8-14,18,26,30,36-37,39,41H,4-7,15-17,19-25,27-29,50H2,1-2H3,(H2,51,58)(H,52,60)(H,53,62)(H,54,59,61);1H3,(H,3,4)/t30-,36+,37+,39?,41+;/m1./s1. The molecule has 4 heterocycles. The van der Waals surface area contributed by atoms with Crippen LogP contribution < -0.4 is 38.0 Å². The van der Waals surface area contributed by atoms with Gasteiger partial charge >= 0.3 is 5.69 Å². The highest BCUT2D eigenvalue weighted by molar-refractivity contribution is 6.07. The molecule has 0 bridgehead atoms. The fraction of sp³-hybridized carbons (Fsp3) is 0.490. The van der Waals surface area contributed by atoms with Gasteiger partial charge < -0.3 is 41.4 Å². The lowest BCUT2D eigenvalue weighted by molar-refractivity contribution is -0.136. The summed E-state index contributed by atoms with van der Waals surface area (Å²) in [4.78, 5) is 99.0. The number of imidazole rings is 1. The van der Waals surface area contributed by atoms with Crippen LogP contribution in [-0.2, 0) is 87.1 Å². The van der Waals surface area contributed by atoms with Crippen LogP contribution in [0.5, 0.6) is 0 Å². The molecule has 71 heavy (non-hydrogen) atoms. The molecular weight excluding hydrogens is 917 g/mol. The molecule has 382 valence electrons. The highest BCUT2D eigenvalue weighted by Gasteiger charge is 2.43. The van der Waals surface area contributed by atoms with E-state index in [4.69, 9.17) is 35.6 Å². The van der Waals surface area contributed by atoms with Crippen molar-refractivity contribution in [1.82, 2.24) is 25.1 Å². The van der Waals surface area contributed by atoms with Crippen LogP contribution in [0.25, 0.3) is 11.0 Å². The van der Waals surface area contributed by atoms with E-state index < -0.39 is 48.1 Å². The minimum absolute atomic E-state index is 0.0579. The van der Waals surface area contributed by atoms with Crippen molar-refractivity contribution < 1.29 is 52.9 Å². The van der Waals surface area contributed by atoms with Gasteiger partial charge in [0.1, 0.15) is 18.7 Å². The number of nitrogens with two attached hydrogens (primary N) is 2. The van der Waals surface area contributed by atoms with Crippen LogP contribution in [0, 0.1) is 0 Å². The van der Waals surface area contributed by atoms with Gasteiger partial charge in [0.05, 0.1) is 54.7 Å². The van der Waals surface area contributed by atoms with E-state index in [-0.39, 0.29) is 74.8 Å². The molecule has 3 aliphatic rings. The van der Waals surface area contributed by atoms with Gasteiger partial charge in [-0.25, -0.2) is 4.79 Å². The molecule has 0 spiro atoms. The zero-order valence-electron chi connectivity index (χ0n) is 40.6. The largest absolute Gasteiger partial charge is 0.481 e. The lowest BCUT2D eigenvalue weighted by Crippen LogP contribution is -2.55. The lowest BCUT2D eigenvalue weighted by Gasteiger charge is -2.30. The minimum Gasteiger partial charge on any atom is -0.481 e. The first-order chi connectivity index (χ1) is 34.0. The van der Waals surface area contributed by atoms with Crippen LogP contribution in [0.1, 0.15) is 92.7 Å². The predicted molar refractivity (Wildman–Crippen MR) is 262 cm³/mol. The fourth-order valence-corrected chi connectivity index (χ4v) is 9.14. The van der Waals surface area contributed by atoms with Gasteiger partial charge in [-0.2, -0.15) is 0 Å². The number of carboxylic acid groups (broad SMARTS) is 1. The number of hydrogen-bond acceptors (Lipinski definition) is 12. The number of fused-ring (bicyclic) bond motifs is 1. The van der Waals surface area contributed by atoms with Gasteiger partial charge in [-0.3, -0.25) is 52.9 Å². The van der Waals surface area contributed by atoms with Crippen molar-refractivity contribution in [3.05, 3.63) is 99.0 Å². The lowest BCUT2D eigenvalue weighted by atomic mass is 10.0. The maximum atomic E-state index is 13.8. The van der Waals surface area contributed by atoms with Gasteiger partial charge in [-0.15, -0.1) is 0 Å². The normalized spacial score (nSPS) is 18.2. The summed E-state index contributed by atoms with van der Waals surface area (Å²) in [5, 5.41) is 15.7. The fourth-order valence-electron chi connectivity index (χ4n) is 9.14. The molecule has 7 rings (SSSR count). The summed E-state index contributed by atoms with van der Waals surface area (Å²) in [6.07, 6.45) is 4.83. The zero-order chi connectivity index (χ0) is 51.2. The molecule has 6 amide bonds. The quantitative estimate of drug-likeness (QED) is 0.0459. The second kappa shape index (κ2) is 25.4. The molecule has 0 aliphatic carbocycles. The van der Waals surface area contributed by atoms with E-state index in [0.29, 0.717) is 50.1 Å². The van der Waals surface area contributed by atoms with Crippen molar-refractivity contribution in [3.8, 4) is 0 Å². The number of carbonyl (C=O) groups excluding carboxylic acids is 6. The number of aromatic nitrogens is 2. The number of imide groups is 1. The van der Waals surface area contributed by atoms with Crippen LogP contribution >= 0.6 is 0 Å². The second-order valence-electron chi connectivity index (χ2n) is 18.2. The van der Waals surface area contributed by atoms with E-state index in [9.17, 15) is 33.6 Å². The average molecular weight is 983 g/mol. The van der Waals surface area contributed by atoms with Crippen LogP contribution in [0.3, 0.4) is 0 Å². The summed E-state index contributed by atoms with van der Waals surface area (Å²) in [6.45, 7) is 4.74. The summed E-state index contributed by atoms with van der Waals surface area (Å²) in [5.41, 5.74) is 18.6. The van der Waals surface area contributed by atoms with Crippen molar-refractivity contribution in [2.45, 2.75) is 121 Å². The summed E-state index contributed by atoms with van der Waals surface area (Å²) >= 11 is 0. The van der Waals surface area contributed by atoms with Crippen molar-refractivity contribution in [2.24, 2.45) is 18.5 Å². The van der Waals surface area contributed by atoms with Gasteiger partial charge in [0, 0.05) is 46.4 Å². The smallest absolute Gasteiger partial charge is 0.329 e. The highest BCUT2D eigenvalue weighted by atomic mass is 16.5. The Balaban J connectivity index is 0.00000199. The van der Waals surface area contributed by atoms with E-state index >= 15 is 0 Å². The van der Waals surface area contributed by atoms with Crippen molar-refractivity contribution in [2.75, 3.05) is 37.9 Å². The van der Waals surface area contributed by atoms with Gasteiger partial charge in [0.25, 0.3) is 5.97 Å². The topological polar surface area (TPSA) is 286 Å². The van der Waals surface area contributed by atoms with E-state index in [2.05, 4.69) is 16.0 Å². The van der Waals surface area contributed by atoms with E-state index in [1.54, 1.807) is 11.9 Å². The molecule has 1 fully saturated rings. The monoisotopic (exact) mass is 982 g/mol. The Morgan fingerprint density at radius 3 is 2.30 bits per heavy atom. The Morgan fingerprint density at radius 1 is 0.873 bits per heavy atom. The molecule has 3 aromatic carbocycles. The Bertz CT molecular complexity index is 2620. The molecule has 1 saturated heterocycles. The van der Waals surface area contributed by atoms with Crippen LogP contribution in [0.2, 0.25) is 0 Å². The summed E-state index contributed by atoms with van der Waals surface area (Å²) in [6, 6.07) is 16.9. The first-order valence-corrected chi connectivity index (χ1v) is 24.1. The Hall–Kier alpha value is -6.74. The predicted octanol–water partition coefficient (Wildman–Crippen LogP) is 2.01. The van der Waals surface area contributed by atoms with Crippen LogP contribution in [-0.4, -0.2) is 113 Å². The molecule has 20 heteroatoms. The summed E-state index contributed by atoms with van der Waals surface area (Å²) in [5.74, 6) is -2.91. The van der Waals surface area contributed by atoms with Gasteiger partial charge in [0.15, 0.2) is 0 Å². The molecule has 0 radical (unpaired) electrons. The minimum atomic E-state index is -0.833. The number of carbonyl (C=O) groups is 7. The second-order valence-corrected chi connectivity index (χ2v) is 18.2. The van der Waals surface area contributed by atoms with Crippen molar-refractivity contribution in [1.29, 1.82) is 0 Å². The van der Waals surface area contributed by atoms with E-state index in [0.717, 1.165) is 66.1 Å². The number of nitrogens with one attached hydrogen (secondary N) is 3. The number of rotatable bonds is 23. The Kier molecular flexibility index (Phi) is 19.2. The number of anilines is 1. The maximum absolute atomic E-state index is 13.8. The SMILES string of the molecule is CC(=O)O.C[C@@H](OCc1ccc(CCCNC(=O)COCCOCCCc2ccc3c(c2)n(C)c(=O)n3C2CCC(=O)NC2=O)cc1)[C@H](CCC(N)=O)NC(=O)[C@@H]1Cc2cccc3c2N1C(=O)[C@@H](N)CC3. The summed E-state index contributed by atoms with van der Waals surface area (Å²) in [7, 11) is 1.67. The first-order valence-electron chi connectivity index (χ1n) is 24.1. The first kappa shape index (κ1) is 53.6. The third-order valence-corrected chi connectivity index (χ3v) is 12.9. The number of ether oxygens (including phenoxy) is 3. The molecule has 20 nitrogen and oxygen atoms in total. The van der Waals surface area contributed by atoms with Gasteiger partial charge in [-0.05, 0) is 98.2 Å². The number of primary amides is 1. The Morgan fingerprint density at radius 2 is 1.56 bits per heavy atom. The number of benzene rings is 3. The van der Waals surface area contributed by atoms with Crippen LogP contribution in [0.4, 0.5) is 5.69 Å². The number of aliphatic carboxylic acids is 1. The Labute approximate surface area is 411 Å². The molecule has 3 aliphatic heterocycles. The van der Waals surface area contributed by atoms with E-state index in [1.165, 1.54) is 9.13 Å². The number of nitrogens with zero attached hydrogens (tertiary/aromatic N) is 3. The molecule has 8 N–H and O–H groups in total. The van der Waals surface area contributed by atoms with Gasteiger partial charge in [-0.1, -0.05) is 48.5 Å². The van der Waals surface area contributed by atoms with Crippen LogP contribution in [0.15, 0.2) is 65.5 Å². The maximum Gasteiger partial charge on any atom is 0.329 e. The third kappa shape index (κ3) is 14.4. The van der Waals surface area contributed by atoms with Crippen molar-refractivity contribution >= 4 is 58.1 Å². The third-order valence-electron chi connectivity index (χ3n) is 12.9. The molecule has 4 aromatic rings. The van der Waals surface area contributed by atoms with Crippen molar-refractivity contribution in [3.63, 3.8) is 0 Å². The number of piperidine rings is 1. The number of carboxylic acids is 1. The summed E-state index contributed by atoms with van der Waals surface area (Å²) < 4.78 is 20.4. The molecular formula is C51H66N8O12. The number of amides is 6. The average Bonchev–Trinajstić information content (AvgIpc) is 3.80. The number of para-hydroxylation sites is 1. The molecule has 0 saturated carbocycles. The molecule has 1 unspecified atom stereocenters. The molecule has 5 atom stereocenters. The molecule has 1 aromatic heterocycles. The zero-order valence-corrected chi connectivity index (χ0v) is 40.6. The van der Waals surface area contributed by atoms with Gasteiger partial charge in [0.2, 0.25) is 35.4 Å².